The minimum absolute atomic E-state index is 0.0133. The van der Waals surface area contributed by atoms with E-state index >= 15 is 0 Å². The van der Waals surface area contributed by atoms with Gasteiger partial charge in [-0.1, -0.05) is 75.4 Å². The van der Waals surface area contributed by atoms with Crippen LogP contribution in [0, 0.1) is 0 Å². The summed E-state index contributed by atoms with van der Waals surface area (Å²) in [5, 5.41) is 2.92. The van der Waals surface area contributed by atoms with Gasteiger partial charge in [0.25, 0.3) is 0 Å². The molecule has 0 saturated carbocycles. The first kappa shape index (κ1) is 17.0. The fourth-order valence-electron chi connectivity index (χ4n) is 3.40. The first-order valence-electron chi connectivity index (χ1n) is 8.89. The van der Waals surface area contributed by atoms with E-state index in [9.17, 15) is 4.57 Å². The molecule has 0 spiro atoms. The lowest BCUT2D eigenvalue weighted by Crippen LogP contribution is -2.11. The summed E-state index contributed by atoms with van der Waals surface area (Å²) in [5.74, 6) is 0. The van der Waals surface area contributed by atoms with Crippen LogP contribution in [0.3, 0.4) is 0 Å². The second-order valence-corrected chi connectivity index (χ2v) is 8.93. The monoisotopic (exact) mass is 361 g/mol. The van der Waals surface area contributed by atoms with Crippen molar-refractivity contribution in [2.24, 2.45) is 0 Å². The average molecular weight is 361 g/mol. The number of para-hydroxylation sites is 1. The summed E-state index contributed by atoms with van der Waals surface area (Å²) in [4.78, 5) is 0. The van der Waals surface area contributed by atoms with E-state index in [0.717, 1.165) is 27.9 Å². The van der Waals surface area contributed by atoms with Crippen molar-refractivity contribution in [3.05, 3.63) is 83.4 Å². The Balaban J connectivity index is 2.08. The van der Waals surface area contributed by atoms with Crippen molar-refractivity contribution >= 4 is 29.1 Å². The van der Waals surface area contributed by atoms with Crippen molar-refractivity contribution in [1.82, 2.24) is 0 Å². The zero-order chi connectivity index (χ0) is 18.3. The molecule has 0 aliphatic carbocycles. The summed E-state index contributed by atoms with van der Waals surface area (Å²) in [6, 6.07) is 22.6. The van der Waals surface area contributed by atoms with E-state index in [4.69, 9.17) is 4.20 Å². The summed E-state index contributed by atoms with van der Waals surface area (Å²) in [5.41, 5.74) is 4.27. The van der Waals surface area contributed by atoms with Gasteiger partial charge in [-0.3, -0.25) is 0 Å². The molecule has 0 N–H and O–H groups in total. The first-order valence-corrected chi connectivity index (χ1v) is 10.1. The Morgan fingerprint density at radius 2 is 1.58 bits per heavy atom. The van der Waals surface area contributed by atoms with E-state index in [0.29, 0.717) is 5.58 Å². The van der Waals surface area contributed by atoms with Gasteiger partial charge in [0.05, 0.1) is 0 Å². The summed E-state index contributed by atoms with van der Waals surface area (Å²) in [7, 11) is -1.91. The Morgan fingerprint density at radius 1 is 0.885 bits per heavy atom. The molecular weight excluding hydrogens is 339 g/mol. The van der Waals surface area contributed by atoms with Gasteiger partial charge in [-0.05, 0) is 33.2 Å². The highest BCUT2D eigenvalue weighted by Gasteiger charge is 2.25. The summed E-state index contributed by atoms with van der Waals surface area (Å²) < 4.78 is 18.7. The SMILES string of the molecule is CC(C)(C)c1cc(Cc2ccccc2)c2c(c1)c1ccccc1o[p+]2=O. The summed E-state index contributed by atoms with van der Waals surface area (Å²) >= 11 is 0. The van der Waals surface area contributed by atoms with Gasteiger partial charge in [0.1, 0.15) is 0 Å². The molecule has 0 radical (unpaired) electrons. The van der Waals surface area contributed by atoms with Gasteiger partial charge in [-0.15, -0.1) is 0 Å². The van der Waals surface area contributed by atoms with Gasteiger partial charge in [0.2, 0.25) is 5.12 Å². The average Bonchev–Trinajstić information content (AvgIpc) is 2.61. The van der Waals surface area contributed by atoms with E-state index in [1.165, 1.54) is 11.1 Å². The number of hydrogen-bond donors (Lipinski definition) is 0. The molecule has 0 amide bonds. The number of benzene rings is 3. The normalized spacial score (nSPS) is 12.7. The molecule has 0 saturated heterocycles. The molecule has 130 valence electrons. The van der Waals surface area contributed by atoms with Crippen LogP contribution in [-0.4, -0.2) is 0 Å². The number of fused-ring (bicyclic) bond motifs is 3. The van der Waals surface area contributed by atoms with Crippen LogP contribution in [0.5, 0.6) is 0 Å². The quantitative estimate of drug-likeness (QED) is 0.353. The van der Waals surface area contributed by atoms with Crippen molar-refractivity contribution < 1.29 is 8.76 Å². The number of rotatable bonds is 2. The predicted molar refractivity (Wildman–Crippen MR) is 109 cm³/mol. The molecule has 0 aliphatic heterocycles. The first-order chi connectivity index (χ1) is 12.4. The molecule has 1 heterocycles. The van der Waals surface area contributed by atoms with E-state index in [1.807, 2.05) is 36.4 Å². The lowest BCUT2D eigenvalue weighted by molar-refractivity contribution is 0.563. The lowest BCUT2D eigenvalue weighted by Gasteiger charge is -2.20. The van der Waals surface area contributed by atoms with Gasteiger partial charge >= 0.3 is 7.65 Å². The predicted octanol–water partition coefficient (Wildman–Crippen LogP) is 7.22. The molecule has 1 atom stereocenters. The maximum atomic E-state index is 12.9. The van der Waals surface area contributed by atoms with Crippen molar-refractivity contribution in [2.75, 3.05) is 0 Å². The maximum Gasteiger partial charge on any atom is 0.598 e. The molecule has 26 heavy (non-hydrogen) atoms. The Kier molecular flexibility index (Phi) is 4.17. The van der Waals surface area contributed by atoms with Gasteiger partial charge in [0, 0.05) is 22.8 Å². The van der Waals surface area contributed by atoms with Crippen LogP contribution < -0.4 is 0 Å². The van der Waals surface area contributed by atoms with Crippen LogP contribution in [0.2, 0.25) is 0 Å². The van der Waals surface area contributed by atoms with E-state index in [2.05, 4.69) is 51.1 Å². The Bertz CT molecular complexity index is 1150. The highest BCUT2D eigenvalue weighted by Crippen LogP contribution is 2.40. The molecule has 4 aromatic rings. The fourth-order valence-corrected chi connectivity index (χ4v) is 4.59. The van der Waals surface area contributed by atoms with Crippen LogP contribution in [0.15, 0.2) is 70.9 Å². The summed E-state index contributed by atoms with van der Waals surface area (Å²) in [6.45, 7) is 6.64. The zero-order valence-electron chi connectivity index (χ0n) is 15.3. The molecule has 2 nitrogen and oxygen atoms in total. The third kappa shape index (κ3) is 3.06. The Labute approximate surface area is 154 Å². The second kappa shape index (κ2) is 6.37. The van der Waals surface area contributed by atoms with Crippen molar-refractivity contribution in [3.8, 4) is 0 Å². The van der Waals surface area contributed by atoms with Gasteiger partial charge in [-0.25, -0.2) is 4.20 Å². The summed E-state index contributed by atoms with van der Waals surface area (Å²) in [6.07, 6.45) is 0.750. The molecule has 4 rings (SSSR count). The molecule has 0 bridgehead atoms. The lowest BCUT2D eigenvalue weighted by atomic mass is 9.84. The van der Waals surface area contributed by atoms with Gasteiger partial charge < -0.3 is 0 Å². The van der Waals surface area contributed by atoms with E-state index in [1.54, 1.807) is 0 Å². The molecular formula is C23H22O2P+. The topological polar surface area (TPSA) is 30.2 Å². The van der Waals surface area contributed by atoms with Crippen LogP contribution in [0.1, 0.15) is 37.5 Å². The Morgan fingerprint density at radius 3 is 2.31 bits per heavy atom. The molecule has 1 aromatic heterocycles. The van der Waals surface area contributed by atoms with Crippen LogP contribution in [-0.2, 0) is 16.4 Å². The molecule has 1 unspecified atom stereocenters. The van der Waals surface area contributed by atoms with Crippen LogP contribution in [0.4, 0.5) is 0 Å². The fraction of sp³-hybridized carbons (Fsp3) is 0.217. The third-order valence-corrected chi connectivity index (χ3v) is 6.09. The van der Waals surface area contributed by atoms with E-state index < -0.39 is 7.65 Å². The largest absolute Gasteiger partial charge is 0.598 e. The number of hydrogen-bond acceptors (Lipinski definition) is 2. The van der Waals surface area contributed by atoms with Gasteiger partial charge in [0.15, 0.2) is 5.58 Å². The van der Waals surface area contributed by atoms with Crippen molar-refractivity contribution in [1.29, 1.82) is 0 Å². The van der Waals surface area contributed by atoms with E-state index in [-0.39, 0.29) is 5.41 Å². The Hall–Kier alpha value is -2.44. The highest BCUT2D eigenvalue weighted by molar-refractivity contribution is 7.37. The standard InChI is InChI=1S/C23H22O2P/c1-23(2,3)18-14-17(13-16-9-5-4-6-10-16)22-20(15-18)19-11-7-8-12-21(19)25-26(22)24/h4-12,14-15H,13H2,1-3H3/q+1. The van der Waals surface area contributed by atoms with Crippen LogP contribution in [0.25, 0.3) is 21.5 Å². The maximum absolute atomic E-state index is 12.9. The third-order valence-electron chi connectivity index (χ3n) is 4.83. The minimum atomic E-state index is -1.91. The molecule has 3 heteroatoms. The van der Waals surface area contributed by atoms with Crippen molar-refractivity contribution in [2.45, 2.75) is 32.6 Å². The zero-order valence-corrected chi connectivity index (χ0v) is 16.2. The van der Waals surface area contributed by atoms with Crippen LogP contribution >= 0.6 is 7.65 Å². The van der Waals surface area contributed by atoms with Crippen molar-refractivity contribution in [3.63, 3.8) is 0 Å². The smallest absolute Gasteiger partial charge is 0.250 e. The van der Waals surface area contributed by atoms with Gasteiger partial charge in [-0.2, -0.15) is 0 Å². The second-order valence-electron chi connectivity index (χ2n) is 7.79. The molecule has 0 fully saturated rings. The highest BCUT2D eigenvalue weighted by atomic mass is 31.1. The molecule has 0 aliphatic rings. The minimum Gasteiger partial charge on any atom is -0.250 e. The molecule has 3 aromatic carbocycles.